The zero-order chi connectivity index (χ0) is 19.9. The number of fused-ring (bicyclic) bond motifs is 1. The first-order valence-corrected chi connectivity index (χ1v) is 10.6. The minimum atomic E-state index is -3.85. The highest BCUT2D eigenvalue weighted by Crippen LogP contribution is 2.37. The second-order valence-electron chi connectivity index (χ2n) is 6.99. The molecule has 0 fully saturated rings. The first kappa shape index (κ1) is 18.5. The van der Waals surface area contributed by atoms with Gasteiger partial charge in [-0.05, 0) is 68.0 Å². The van der Waals surface area contributed by atoms with Crippen LogP contribution in [0, 0.1) is 13.8 Å². The highest BCUT2D eigenvalue weighted by molar-refractivity contribution is 7.92. The van der Waals surface area contributed by atoms with E-state index in [-0.39, 0.29) is 16.6 Å². The van der Waals surface area contributed by atoms with Crippen LogP contribution in [0.2, 0.25) is 0 Å². The summed E-state index contributed by atoms with van der Waals surface area (Å²) >= 11 is 0. The second-order valence-corrected chi connectivity index (χ2v) is 8.62. The lowest BCUT2D eigenvalue weighted by Crippen LogP contribution is -2.14. The van der Waals surface area contributed by atoms with E-state index in [2.05, 4.69) is 21.6 Å². The van der Waals surface area contributed by atoms with Crippen molar-refractivity contribution in [2.24, 2.45) is 7.05 Å². The van der Waals surface area contributed by atoms with Crippen molar-refractivity contribution in [1.82, 2.24) is 14.5 Å². The number of anilines is 1. The summed E-state index contributed by atoms with van der Waals surface area (Å²) in [6.45, 7) is 3.85. The lowest BCUT2D eigenvalue weighted by Gasteiger charge is -2.14. The largest absolute Gasteiger partial charge is 0.437 e. The number of sulfonamides is 1. The fourth-order valence-electron chi connectivity index (χ4n) is 3.46. The zero-order valence-electron chi connectivity index (χ0n) is 16.1. The fraction of sp³-hybridized carbons (Fsp3) is 0.300. The molecular weight excluding hydrogens is 376 g/mol. The van der Waals surface area contributed by atoms with Crippen LogP contribution < -0.4 is 9.46 Å². The first-order chi connectivity index (χ1) is 13.3. The Balaban J connectivity index is 1.66. The molecule has 0 bridgehead atoms. The average molecular weight is 398 g/mol. The van der Waals surface area contributed by atoms with Crippen LogP contribution in [0.4, 0.5) is 5.69 Å². The molecule has 8 heteroatoms. The summed E-state index contributed by atoms with van der Waals surface area (Å²) < 4.78 is 35.7. The van der Waals surface area contributed by atoms with Gasteiger partial charge in [0, 0.05) is 19.4 Å². The fourth-order valence-corrected chi connectivity index (χ4v) is 4.55. The summed E-state index contributed by atoms with van der Waals surface area (Å²) in [4.78, 5) is 8.35. The summed E-state index contributed by atoms with van der Waals surface area (Å²) in [5.41, 5.74) is 4.03. The Morgan fingerprint density at radius 2 is 1.93 bits per heavy atom. The topological polar surface area (TPSA) is 86.1 Å². The highest BCUT2D eigenvalue weighted by atomic mass is 32.2. The van der Waals surface area contributed by atoms with E-state index in [0.29, 0.717) is 5.82 Å². The molecule has 0 radical (unpaired) electrons. The maximum Gasteiger partial charge on any atom is 0.281 e. The van der Waals surface area contributed by atoms with Gasteiger partial charge in [-0.3, -0.25) is 4.72 Å². The first-order valence-electron chi connectivity index (χ1n) is 9.12. The van der Waals surface area contributed by atoms with Crippen LogP contribution in [0.3, 0.4) is 0 Å². The minimum Gasteiger partial charge on any atom is -0.437 e. The zero-order valence-corrected chi connectivity index (χ0v) is 16.9. The summed E-state index contributed by atoms with van der Waals surface area (Å²) in [7, 11) is -2.10. The molecule has 1 aliphatic rings. The van der Waals surface area contributed by atoms with Crippen LogP contribution in [-0.2, 0) is 29.9 Å². The van der Waals surface area contributed by atoms with Gasteiger partial charge in [0.25, 0.3) is 10.0 Å². The molecule has 28 heavy (non-hydrogen) atoms. The predicted octanol–water partition coefficient (Wildman–Crippen LogP) is 3.51. The number of hydrogen-bond acceptors (Lipinski definition) is 5. The summed E-state index contributed by atoms with van der Waals surface area (Å²) in [5.74, 6) is 1.56. The molecule has 0 spiro atoms. The monoisotopic (exact) mass is 398 g/mol. The number of ether oxygens (including phenoxy) is 1. The molecule has 2 heterocycles. The van der Waals surface area contributed by atoms with E-state index in [4.69, 9.17) is 4.74 Å². The van der Waals surface area contributed by atoms with Gasteiger partial charge >= 0.3 is 0 Å². The van der Waals surface area contributed by atoms with Crippen LogP contribution >= 0.6 is 0 Å². The third-order valence-electron chi connectivity index (χ3n) is 5.06. The third kappa shape index (κ3) is 3.35. The molecule has 0 saturated heterocycles. The normalized spacial score (nSPS) is 13.4. The Morgan fingerprint density at radius 3 is 2.68 bits per heavy atom. The van der Waals surface area contributed by atoms with Crippen molar-refractivity contribution in [2.75, 3.05) is 4.72 Å². The number of hydrogen-bond donors (Lipinski definition) is 1. The Kier molecular flexibility index (Phi) is 4.58. The van der Waals surface area contributed by atoms with Crippen molar-refractivity contribution in [2.45, 2.75) is 38.1 Å². The van der Waals surface area contributed by atoms with Crippen molar-refractivity contribution in [3.05, 3.63) is 59.2 Å². The van der Waals surface area contributed by atoms with Crippen molar-refractivity contribution in [3.8, 4) is 11.6 Å². The van der Waals surface area contributed by atoms with E-state index in [1.54, 1.807) is 36.9 Å². The van der Waals surface area contributed by atoms with Crippen molar-refractivity contribution < 1.29 is 13.2 Å². The average Bonchev–Trinajstić information content (AvgIpc) is 3.27. The molecule has 0 amide bonds. The predicted molar refractivity (Wildman–Crippen MR) is 106 cm³/mol. The van der Waals surface area contributed by atoms with Gasteiger partial charge in [-0.2, -0.15) is 8.42 Å². The maximum absolute atomic E-state index is 12.7. The molecule has 2 aromatic heterocycles. The number of nitrogens with zero attached hydrogens (tertiary/aromatic N) is 3. The van der Waals surface area contributed by atoms with Crippen LogP contribution in [-0.4, -0.2) is 23.0 Å². The molecule has 7 nitrogen and oxygen atoms in total. The Bertz CT molecular complexity index is 1130. The summed E-state index contributed by atoms with van der Waals surface area (Å²) in [6, 6.07) is 7.25. The Morgan fingerprint density at radius 1 is 1.14 bits per heavy atom. The van der Waals surface area contributed by atoms with Gasteiger partial charge in [-0.15, -0.1) is 0 Å². The Hall–Kier alpha value is -2.87. The molecule has 3 aromatic rings. The molecule has 1 aliphatic carbocycles. The van der Waals surface area contributed by atoms with E-state index in [1.807, 2.05) is 12.1 Å². The van der Waals surface area contributed by atoms with Gasteiger partial charge < -0.3 is 9.30 Å². The number of imidazole rings is 1. The van der Waals surface area contributed by atoms with Crippen LogP contribution in [0.1, 0.15) is 28.9 Å². The van der Waals surface area contributed by atoms with E-state index >= 15 is 0 Å². The molecular formula is C20H22N4O3S. The number of benzene rings is 1. The van der Waals surface area contributed by atoms with Gasteiger partial charge in [-0.25, -0.2) is 9.97 Å². The van der Waals surface area contributed by atoms with E-state index < -0.39 is 10.0 Å². The smallest absolute Gasteiger partial charge is 0.281 e. The van der Waals surface area contributed by atoms with Gasteiger partial charge in [0.2, 0.25) is 5.88 Å². The lowest BCUT2D eigenvalue weighted by atomic mass is 10.0. The Labute approximate surface area is 164 Å². The van der Waals surface area contributed by atoms with Crippen LogP contribution in [0.5, 0.6) is 11.6 Å². The SMILES string of the molecule is Cc1ccc(Oc2ncccc2NS(=O)(=O)c2cn(C)c(C)n2)c2c1CCC2. The van der Waals surface area contributed by atoms with E-state index in [9.17, 15) is 8.42 Å². The lowest BCUT2D eigenvalue weighted by molar-refractivity contribution is 0.460. The van der Waals surface area contributed by atoms with Crippen molar-refractivity contribution >= 4 is 15.7 Å². The number of nitrogens with one attached hydrogen (secondary N) is 1. The molecule has 0 atom stereocenters. The van der Waals surface area contributed by atoms with Crippen molar-refractivity contribution in [3.63, 3.8) is 0 Å². The van der Waals surface area contributed by atoms with Gasteiger partial charge in [0.05, 0.1) is 0 Å². The number of pyridine rings is 1. The van der Waals surface area contributed by atoms with Gasteiger partial charge in [0.15, 0.2) is 5.03 Å². The van der Waals surface area contributed by atoms with Crippen molar-refractivity contribution in [1.29, 1.82) is 0 Å². The van der Waals surface area contributed by atoms with Gasteiger partial charge in [0.1, 0.15) is 17.3 Å². The van der Waals surface area contributed by atoms with E-state index in [1.165, 1.54) is 22.9 Å². The minimum absolute atomic E-state index is 0.0430. The number of rotatable bonds is 5. The van der Waals surface area contributed by atoms with E-state index in [0.717, 1.165) is 25.0 Å². The summed E-state index contributed by atoms with van der Waals surface area (Å²) in [6.07, 6.45) is 6.14. The molecule has 0 aliphatic heterocycles. The molecule has 4 rings (SSSR count). The third-order valence-corrected chi connectivity index (χ3v) is 6.30. The number of aromatic nitrogens is 3. The maximum atomic E-state index is 12.7. The summed E-state index contributed by atoms with van der Waals surface area (Å²) in [5, 5.41) is -0.0430. The molecule has 0 unspecified atom stereocenters. The molecule has 1 aromatic carbocycles. The van der Waals surface area contributed by atoms with Crippen LogP contribution in [0.15, 0.2) is 41.7 Å². The second kappa shape index (κ2) is 6.94. The highest BCUT2D eigenvalue weighted by Gasteiger charge is 2.23. The quantitative estimate of drug-likeness (QED) is 0.711. The van der Waals surface area contributed by atoms with Gasteiger partial charge in [-0.1, -0.05) is 6.07 Å². The number of aryl methyl sites for hydroxylation is 3. The standard InChI is InChI=1S/C20H22N4O3S/c1-13-9-10-18(16-7-4-6-15(13)16)27-20-17(8-5-11-21-20)23-28(25,26)19-12-24(3)14(2)22-19/h5,8-12,23H,4,6-7H2,1-3H3. The molecule has 146 valence electrons. The molecule has 1 N–H and O–H groups in total. The van der Waals surface area contributed by atoms with Crippen LogP contribution in [0.25, 0.3) is 0 Å². The molecule has 0 saturated carbocycles.